The van der Waals surface area contributed by atoms with Gasteiger partial charge in [-0.1, -0.05) is 30.3 Å². The average molecular weight is 370 g/mol. The Bertz CT molecular complexity index is 794. The molecule has 2 aromatic carbocycles. The molecule has 2 N–H and O–H groups in total. The van der Waals surface area contributed by atoms with Crippen LogP contribution in [0.3, 0.4) is 0 Å². The van der Waals surface area contributed by atoms with Crippen LogP contribution in [0.5, 0.6) is 5.75 Å². The van der Waals surface area contributed by atoms with Gasteiger partial charge in [0.1, 0.15) is 5.75 Å². The van der Waals surface area contributed by atoms with Crippen LogP contribution in [0.15, 0.2) is 48.5 Å². The molecule has 26 heavy (non-hydrogen) atoms. The normalized spacial score (nSPS) is 16.2. The predicted octanol–water partition coefficient (Wildman–Crippen LogP) is 3.71. The number of rotatable bonds is 6. The van der Waals surface area contributed by atoms with Crippen molar-refractivity contribution in [1.82, 2.24) is 0 Å². The van der Waals surface area contributed by atoms with Crippen molar-refractivity contribution in [2.24, 2.45) is 0 Å². The van der Waals surface area contributed by atoms with Crippen LogP contribution in [0.1, 0.15) is 18.4 Å². The van der Waals surface area contributed by atoms with Crippen LogP contribution in [-0.2, 0) is 16.0 Å². The van der Waals surface area contributed by atoms with Gasteiger partial charge in [-0.15, -0.1) is 11.8 Å². The maximum absolute atomic E-state index is 12.4. The molecule has 1 aliphatic rings. The van der Waals surface area contributed by atoms with Gasteiger partial charge in [0.15, 0.2) is 0 Å². The van der Waals surface area contributed by atoms with Crippen molar-refractivity contribution in [2.75, 3.05) is 23.5 Å². The highest BCUT2D eigenvalue weighted by atomic mass is 32.2. The minimum atomic E-state index is -0.138. The number of hydrogen-bond donors (Lipinski definition) is 2. The molecule has 0 spiro atoms. The Morgan fingerprint density at radius 2 is 2.00 bits per heavy atom. The molecule has 0 aliphatic carbocycles. The van der Waals surface area contributed by atoms with Crippen LogP contribution in [-0.4, -0.2) is 29.9 Å². The predicted molar refractivity (Wildman–Crippen MR) is 106 cm³/mol. The van der Waals surface area contributed by atoms with E-state index in [-0.39, 0.29) is 17.1 Å². The van der Waals surface area contributed by atoms with E-state index in [1.54, 1.807) is 19.2 Å². The Kier molecular flexibility index (Phi) is 6.17. The molecule has 0 bridgehead atoms. The maximum atomic E-state index is 12.4. The van der Waals surface area contributed by atoms with Gasteiger partial charge >= 0.3 is 0 Å². The Balaban J connectivity index is 1.49. The molecule has 1 aliphatic heterocycles. The van der Waals surface area contributed by atoms with Crippen molar-refractivity contribution in [3.63, 3.8) is 0 Å². The number of methoxy groups -OCH3 is 1. The molecular formula is C20H22N2O3S. The highest BCUT2D eigenvalue weighted by Crippen LogP contribution is 2.28. The fourth-order valence-electron chi connectivity index (χ4n) is 2.90. The lowest BCUT2D eigenvalue weighted by Gasteiger charge is -2.13. The molecule has 136 valence electrons. The van der Waals surface area contributed by atoms with Crippen molar-refractivity contribution in [2.45, 2.75) is 24.5 Å². The van der Waals surface area contributed by atoms with Crippen LogP contribution in [0, 0.1) is 0 Å². The molecule has 0 unspecified atom stereocenters. The van der Waals surface area contributed by atoms with E-state index in [0.29, 0.717) is 23.6 Å². The molecule has 2 amide bonds. The molecular weight excluding hydrogens is 348 g/mol. The van der Waals surface area contributed by atoms with E-state index >= 15 is 0 Å². The number of anilines is 2. The van der Waals surface area contributed by atoms with Crippen molar-refractivity contribution in [3.05, 3.63) is 54.1 Å². The number of fused-ring (bicyclic) bond motifs is 1. The standard InChI is InChI=1S/C20H22N2O3S/c1-25-17-9-5-4-8-16(17)21-19(23)12-13-26-18-11-10-14-6-2-3-7-15(14)22-20(18)24/h2-9,18H,10-13H2,1H3,(H,21,23)(H,22,24)/t18-/m0/s1. The lowest BCUT2D eigenvalue weighted by atomic mass is 10.1. The van der Waals surface area contributed by atoms with Gasteiger partial charge in [0.2, 0.25) is 11.8 Å². The number of para-hydroxylation sites is 3. The third-order valence-electron chi connectivity index (χ3n) is 4.27. The third kappa shape index (κ3) is 4.58. The van der Waals surface area contributed by atoms with E-state index in [9.17, 15) is 9.59 Å². The topological polar surface area (TPSA) is 67.4 Å². The van der Waals surface area contributed by atoms with E-state index in [1.165, 1.54) is 11.8 Å². The number of hydrogen-bond acceptors (Lipinski definition) is 4. The molecule has 0 aromatic heterocycles. The molecule has 0 radical (unpaired) electrons. The second-order valence-corrected chi connectivity index (χ2v) is 7.35. The summed E-state index contributed by atoms with van der Waals surface area (Å²) in [5.41, 5.74) is 2.72. The summed E-state index contributed by atoms with van der Waals surface area (Å²) in [4.78, 5) is 24.5. The molecule has 0 fully saturated rings. The molecule has 3 rings (SSSR count). The number of thioether (sulfide) groups is 1. The first-order chi connectivity index (χ1) is 12.7. The van der Waals surface area contributed by atoms with Crippen LogP contribution in [0.2, 0.25) is 0 Å². The summed E-state index contributed by atoms with van der Waals surface area (Å²) in [6, 6.07) is 15.2. The second kappa shape index (κ2) is 8.76. The molecule has 1 heterocycles. The largest absolute Gasteiger partial charge is 0.495 e. The zero-order chi connectivity index (χ0) is 18.4. The summed E-state index contributed by atoms with van der Waals surface area (Å²) in [6.45, 7) is 0. The summed E-state index contributed by atoms with van der Waals surface area (Å²) in [7, 11) is 1.57. The minimum absolute atomic E-state index is 0.0186. The molecule has 0 saturated carbocycles. The summed E-state index contributed by atoms with van der Waals surface area (Å²) >= 11 is 1.53. The van der Waals surface area contributed by atoms with E-state index < -0.39 is 0 Å². The van der Waals surface area contributed by atoms with Gasteiger partial charge in [-0.2, -0.15) is 0 Å². The lowest BCUT2D eigenvalue weighted by molar-refractivity contribution is -0.116. The number of carbonyl (C=O) groups excluding carboxylic acids is 2. The fourth-order valence-corrected chi connectivity index (χ4v) is 3.99. The molecule has 2 aromatic rings. The monoisotopic (exact) mass is 370 g/mol. The van der Waals surface area contributed by atoms with Gasteiger partial charge < -0.3 is 15.4 Å². The van der Waals surface area contributed by atoms with Gasteiger partial charge in [-0.25, -0.2) is 0 Å². The Morgan fingerprint density at radius 1 is 1.23 bits per heavy atom. The van der Waals surface area contributed by atoms with Crippen LogP contribution in [0.25, 0.3) is 0 Å². The molecule has 1 atom stereocenters. The first-order valence-electron chi connectivity index (χ1n) is 8.60. The number of nitrogens with one attached hydrogen (secondary N) is 2. The maximum Gasteiger partial charge on any atom is 0.237 e. The Hall–Kier alpha value is -2.47. The summed E-state index contributed by atoms with van der Waals surface area (Å²) < 4.78 is 5.23. The quantitative estimate of drug-likeness (QED) is 0.813. The second-order valence-electron chi connectivity index (χ2n) is 6.04. The minimum Gasteiger partial charge on any atom is -0.495 e. The van der Waals surface area contributed by atoms with Crippen LogP contribution >= 0.6 is 11.8 Å². The van der Waals surface area contributed by atoms with Crippen LogP contribution < -0.4 is 15.4 Å². The summed E-state index contributed by atoms with van der Waals surface area (Å²) in [6.07, 6.45) is 1.99. The van der Waals surface area contributed by atoms with E-state index in [4.69, 9.17) is 4.74 Å². The van der Waals surface area contributed by atoms with Gasteiger partial charge in [-0.3, -0.25) is 9.59 Å². The smallest absolute Gasteiger partial charge is 0.237 e. The van der Waals surface area contributed by atoms with Gasteiger partial charge in [0.05, 0.1) is 18.0 Å². The van der Waals surface area contributed by atoms with E-state index in [0.717, 1.165) is 24.1 Å². The first kappa shape index (κ1) is 18.3. The SMILES string of the molecule is COc1ccccc1NC(=O)CCS[C@H]1CCc2ccccc2NC1=O. The van der Waals surface area contributed by atoms with Crippen molar-refractivity contribution in [1.29, 1.82) is 0 Å². The van der Waals surface area contributed by atoms with Crippen molar-refractivity contribution >= 4 is 35.0 Å². The summed E-state index contributed by atoms with van der Waals surface area (Å²) in [5.74, 6) is 1.16. The van der Waals surface area contributed by atoms with E-state index in [1.807, 2.05) is 36.4 Å². The van der Waals surface area contributed by atoms with Gasteiger partial charge in [-0.05, 0) is 36.6 Å². The summed E-state index contributed by atoms with van der Waals surface area (Å²) in [5, 5.41) is 5.71. The average Bonchev–Trinajstić information content (AvgIpc) is 2.81. The van der Waals surface area contributed by atoms with Crippen LogP contribution in [0.4, 0.5) is 11.4 Å². The van der Waals surface area contributed by atoms with Crippen molar-refractivity contribution < 1.29 is 14.3 Å². The Morgan fingerprint density at radius 3 is 2.85 bits per heavy atom. The molecule has 5 nitrogen and oxygen atoms in total. The number of aryl methyl sites for hydroxylation is 1. The highest BCUT2D eigenvalue weighted by molar-refractivity contribution is 8.00. The third-order valence-corrected chi connectivity index (χ3v) is 5.56. The molecule has 0 saturated heterocycles. The first-order valence-corrected chi connectivity index (χ1v) is 9.65. The van der Waals surface area contributed by atoms with Gasteiger partial charge in [0, 0.05) is 17.9 Å². The molecule has 6 heteroatoms. The van der Waals surface area contributed by atoms with E-state index in [2.05, 4.69) is 10.6 Å². The Labute approximate surface area is 157 Å². The van der Waals surface area contributed by atoms with Crippen molar-refractivity contribution in [3.8, 4) is 5.75 Å². The number of ether oxygens (including phenoxy) is 1. The zero-order valence-electron chi connectivity index (χ0n) is 14.7. The highest BCUT2D eigenvalue weighted by Gasteiger charge is 2.23. The lowest BCUT2D eigenvalue weighted by Crippen LogP contribution is -2.24. The number of carbonyl (C=O) groups is 2. The zero-order valence-corrected chi connectivity index (χ0v) is 15.5. The number of amides is 2. The number of benzene rings is 2. The fraction of sp³-hybridized carbons (Fsp3) is 0.300. The van der Waals surface area contributed by atoms with Gasteiger partial charge in [0.25, 0.3) is 0 Å².